The van der Waals surface area contributed by atoms with Crippen LogP contribution < -0.4 is 5.32 Å². The maximum absolute atomic E-state index is 13.3. The molecule has 30 heavy (non-hydrogen) atoms. The van der Waals surface area contributed by atoms with Gasteiger partial charge in [0, 0.05) is 17.3 Å². The Labute approximate surface area is 184 Å². The number of carbonyl (C=O) groups excluding carboxylic acids is 1. The van der Waals surface area contributed by atoms with Gasteiger partial charge in [-0.25, -0.2) is 0 Å². The average Bonchev–Trinajstić information content (AvgIpc) is 2.70. The number of hydrogen-bond acceptors (Lipinski definition) is 2. The number of rotatable bonds is 6. The van der Waals surface area contributed by atoms with E-state index in [1.807, 2.05) is 61.6 Å². The lowest BCUT2D eigenvalue weighted by molar-refractivity contribution is -0.121. The van der Waals surface area contributed by atoms with Crippen molar-refractivity contribution in [1.82, 2.24) is 4.90 Å². The fraction of sp³-hybridized carbons (Fsp3) is 0.269. The zero-order chi connectivity index (χ0) is 21.7. The quantitative estimate of drug-likeness (QED) is 0.497. The van der Waals surface area contributed by atoms with Crippen LogP contribution >= 0.6 is 11.6 Å². The van der Waals surface area contributed by atoms with Crippen molar-refractivity contribution in [3.63, 3.8) is 0 Å². The van der Waals surface area contributed by atoms with Gasteiger partial charge in [-0.15, -0.1) is 0 Å². The van der Waals surface area contributed by atoms with Crippen LogP contribution in [0.5, 0.6) is 0 Å². The summed E-state index contributed by atoms with van der Waals surface area (Å²) in [5.74, 6) is -0.0701. The van der Waals surface area contributed by atoms with Crippen LogP contribution in [-0.4, -0.2) is 17.9 Å². The van der Waals surface area contributed by atoms with Gasteiger partial charge >= 0.3 is 0 Å². The number of nitrogens with zero attached hydrogens (tertiary/aromatic N) is 1. The largest absolute Gasteiger partial charge is 0.324 e. The van der Waals surface area contributed by atoms with Crippen molar-refractivity contribution in [3.8, 4) is 0 Å². The summed E-state index contributed by atoms with van der Waals surface area (Å²) in [4.78, 5) is 15.4. The van der Waals surface area contributed by atoms with E-state index in [1.54, 1.807) is 0 Å². The Morgan fingerprint density at radius 2 is 1.53 bits per heavy atom. The van der Waals surface area contributed by atoms with E-state index in [-0.39, 0.29) is 11.3 Å². The summed E-state index contributed by atoms with van der Waals surface area (Å²) in [7, 11) is 1.97. The Hall–Kier alpha value is -2.62. The van der Waals surface area contributed by atoms with Crippen LogP contribution in [0.4, 0.5) is 5.69 Å². The van der Waals surface area contributed by atoms with E-state index in [0.717, 1.165) is 16.8 Å². The molecule has 0 radical (unpaired) electrons. The first kappa shape index (κ1) is 22.1. The second-order valence-corrected chi connectivity index (χ2v) is 9.11. The predicted molar refractivity (Wildman–Crippen MR) is 126 cm³/mol. The molecule has 1 N–H and O–H groups in total. The lowest BCUT2D eigenvalue weighted by Gasteiger charge is -2.28. The maximum atomic E-state index is 13.3. The van der Waals surface area contributed by atoms with Gasteiger partial charge in [0.2, 0.25) is 5.91 Å². The number of nitrogens with one attached hydrogen (secondary N) is 1. The number of carbonyl (C=O) groups is 1. The number of anilines is 1. The Kier molecular flexibility index (Phi) is 6.96. The second-order valence-electron chi connectivity index (χ2n) is 8.67. The van der Waals surface area contributed by atoms with Crippen LogP contribution in [-0.2, 0) is 16.8 Å². The first-order chi connectivity index (χ1) is 14.2. The average molecular weight is 421 g/mol. The summed E-state index contributed by atoms with van der Waals surface area (Å²) < 4.78 is 0. The lowest BCUT2D eigenvalue weighted by Crippen LogP contribution is -2.34. The Morgan fingerprint density at radius 1 is 0.933 bits per heavy atom. The third-order valence-electron chi connectivity index (χ3n) is 5.17. The Bertz CT molecular complexity index is 961. The van der Waals surface area contributed by atoms with Gasteiger partial charge in [0.25, 0.3) is 0 Å². The molecule has 0 saturated heterocycles. The summed E-state index contributed by atoms with van der Waals surface area (Å²) in [5.41, 5.74) is 4.16. The van der Waals surface area contributed by atoms with Crippen molar-refractivity contribution >= 4 is 23.2 Å². The maximum Gasteiger partial charge on any atom is 0.246 e. The fourth-order valence-electron chi connectivity index (χ4n) is 3.48. The van der Waals surface area contributed by atoms with Crippen LogP contribution in [0.1, 0.15) is 43.5 Å². The highest BCUT2D eigenvalue weighted by Crippen LogP contribution is 2.27. The first-order valence-electron chi connectivity index (χ1n) is 10.1. The summed E-state index contributed by atoms with van der Waals surface area (Å²) in [6, 6.07) is 25.3. The molecular formula is C26H29ClN2O. The zero-order valence-corrected chi connectivity index (χ0v) is 18.8. The van der Waals surface area contributed by atoms with Gasteiger partial charge in [-0.1, -0.05) is 87.0 Å². The number of amides is 1. The molecule has 1 atom stereocenters. The second kappa shape index (κ2) is 9.46. The monoisotopic (exact) mass is 420 g/mol. The third kappa shape index (κ3) is 5.71. The molecule has 3 aromatic carbocycles. The smallest absolute Gasteiger partial charge is 0.246 e. The summed E-state index contributed by atoms with van der Waals surface area (Å²) in [6.45, 7) is 7.19. The van der Waals surface area contributed by atoms with E-state index >= 15 is 0 Å². The van der Waals surface area contributed by atoms with E-state index < -0.39 is 6.04 Å². The molecule has 0 saturated carbocycles. The predicted octanol–water partition coefficient (Wildman–Crippen LogP) is 6.45. The fourth-order valence-corrected chi connectivity index (χ4v) is 3.60. The van der Waals surface area contributed by atoms with Crippen LogP contribution in [0, 0.1) is 0 Å². The number of halogens is 1. The van der Waals surface area contributed by atoms with Crippen LogP contribution in [0.25, 0.3) is 0 Å². The summed E-state index contributed by atoms with van der Waals surface area (Å²) in [6.07, 6.45) is 0. The van der Waals surface area contributed by atoms with Gasteiger partial charge in [0.05, 0.1) is 0 Å². The van der Waals surface area contributed by atoms with Crippen molar-refractivity contribution in [3.05, 3.63) is 101 Å². The normalized spacial score (nSPS) is 12.6. The van der Waals surface area contributed by atoms with Crippen molar-refractivity contribution in [2.24, 2.45) is 0 Å². The number of likely N-dealkylation sites (N-methyl/N-ethyl adjacent to an activating group) is 1. The van der Waals surface area contributed by atoms with Crippen LogP contribution in [0.3, 0.4) is 0 Å². The summed E-state index contributed by atoms with van der Waals surface area (Å²) >= 11 is 6.07. The SMILES string of the molecule is CN(Cc1ccccc1)[C@H](C(=O)Nc1ccc(C(C)(C)C)cc1)c1ccc(Cl)cc1. The van der Waals surface area contributed by atoms with Gasteiger partial charge in [0.15, 0.2) is 0 Å². The molecule has 0 aliphatic carbocycles. The molecule has 3 aromatic rings. The Morgan fingerprint density at radius 3 is 2.10 bits per heavy atom. The van der Waals surface area contributed by atoms with Crippen molar-refractivity contribution < 1.29 is 4.79 Å². The zero-order valence-electron chi connectivity index (χ0n) is 18.0. The summed E-state index contributed by atoms with van der Waals surface area (Å²) in [5, 5.41) is 3.74. The van der Waals surface area contributed by atoms with Crippen molar-refractivity contribution in [2.75, 3.05) is 12.4 Å². The molecule has 0 aliphatic rings. The Balaban J connectivity index is 1.83. The molecule has 0 spiro atoms. The van der Waals surface area contributed by atoms with Crippen LogP contribution in [0.2, 0.25) is 5.02 Å². The molecule has 0 aromatic heterocycles. The van der Waals surface area contributed by atoms with E-state index in [2.05, 4.69) is 55.3 Å². The molecular weight excluding hydrogens is 392 g/mol. The lowest BCUT2D eigenvalue weighted by atomic mass is 9.87. The topological polar surface area (TPSA) is 32.3 Å². The molecule has 3 nitrogen and oxygen atoms in total. The minimum Gasteiger partial charge on any atom is -0.324 e. The van der Waals surface area contributed by atoms with E-state index in [1.165, 1.54) is 5.56 Å². The van der Waals surface area contributed by atoms with Gasteiger partial charge in [-0.3, -0.25) is 9.69 Å². The van der Waals surface area contributed by atoms with Gasteiger partial charge in [-0.2, -0.15) is 0 Å². The van der Waals surface area contributed by atoms with Gasteiger partial charge in [-0.05, 0) is 53.4 Å². The van der Waals surface area contributed by atoms with E-state index in [9.17, 15) is 4.79 Å². The molecule has 3 rings (SSSR count). The number of benzene rings is 3. The molecule has 0 bridgehead atoms. The molecule has 1 amide bonds. The minimum atomic E-state index is -0.440. The van der Waals surface area contributed by atoms with E-state index in [0.29, 0.717) is 11.6 Å². The highest BCUT2D eigenvalue weighted by Gasteiger charge is 2.25. The molecule has 156 valence electrons. The third-order valence-corrected chi connectivity index (χ3v) is 5.42. The minimum absolute atomic E-state index is 0.0701. The van der Waals surface area contributed by atoms with Crippen LogP contribution in [0.15, 0.2) is 78.9 Å². The van der Waals surface area contributed by atoms with Gasteiger partial charge in [0.1, 0.15) is 6.04 Å². The first-order valence-corrected chi connectivity index (χ1v) is 10.5. The highest BCUT2D eigenvalue weighted by molar-refractivity contribution is 6.30. The standard InChI is InChI=1S/C26H29ClN2O/c1-26(2,3)21-12-16-23(17-13-21)28-25(30)24(20-10-14-22(27)15-11-20)29(4)18-19-8-6-5-7-9-19/h5-17,24H,18H2,1-4H3,(H,28,30)/t24-/m0/s1. The van der Waals surface area contributed by atoms with Crippen molar-refractivity contribution in [2.45, 2.75) is 38.8 Å². The van der Waals surface area contributed by atoms with E-state index in [4.69, 9.17) is 11.6 Å². The molecule has 0 heterocycles. The van der Waals surface area contributed by atoms with Crippen molar-refractivity contribution in [1.29, 1.82) is 0 Å². The molecule has 0 fully saturated rings. The molecule has 0 aliphatic heterocycles. The number of hydrogen-bond donors (Lipinski definition) is 1. The molecule has 0 unspecified atom stereocenters. The molecule has 4 heteroatoms. The highest BCUT2D eigenvalue weighted by atomic mass is 35.5. The van der Waals surface area contributed by atoms with Gasteiger partial charge < -0.3 is 5.32 Å².